The van der Waals surface area contributed by atoms with Crippen LogP contribution in [0.3, 0.4) is 0 Å². The van der Waals surface area contributed by atoms with Crippen molar-refractivity contribution in [3.63, 3.8) is 0 Å². The highest BCUT2D eigenvalue weighted by Gasteiger charge is 2.35. The molecule has 0 aliphatic heterocycles. The number of ether oxygens (including phenoxy) is 2. The highest BCUT2D eigenvalue weighted by Crippen LogP contribution is 2.26. The Morgan fingerprint density at radius 1 is 0.848 bits per heavy atom. The summed E-state index contributed by atoms with van der Waals surface area (Å²) in [5, 5.41) is 17.6. The number of benzene rings is 2. The summed E-state index contributed by atoms with van der Waals surface area (Å²) in [6, 6.07) is 17.7. The molecular weight excluding hydrogens is 442 g/mol. The molecule has 0 aliphatic rings. The molecule has 9 heteroatoms. The topological polar surface area (TPSA) is 102 Å². The third kappa shape index (κ3) is 6.07. The Balaban J connectivity index is 1.91. The minimum Gasteiger partial charge on any atom is -0.497 e. The average molecular weight is 472 g/mol. The number of hydrogen-bond donors (Lipinski definition) is 1. The van der Waals surface area contributed by atoms with Crippen molar-refractivity contribution >= 4 is 10.0 Å². The van der Waals surface area contributed by atoms with Gasteiger partial charge in [-0.05, 0) is 61.4 Å². The summed E-state index contributed by atoms with van der Waals surface area (Å²) in [5.41, 5.74) is 2.49. The van der Waals surface area contributed by atoms with Gasteiger partial charge in [-0.25, -0.2) is 8.42 Å². The Bertz CT molecular complexity index is 1080. The third-order valence-electron chi connectivity index (χ3n) is 5.43. The lowest BCUT2D eigenvalue weighted by Crippen LogP contribution is -2.39. The number of aliphatic hydroxyl groups excluding tert-OH is 1. The van der Waals surface area contributed by atoms with Crippen molar-refractivity contribution in [2.45, 2.75) is 38.3 Å². The Morgan fingerprint density at radius 2 is 1.33 bits per heavy atom. The fraction of sp³-hybridized carbons (Fsp3) is 0.333. The molecule has 0 amide bonds. The third-order valence-corrected chi connectivity index (χ3v) is 7.61. The fourth-order valence-corrected chi connectivity index (χ4v) is 4.90. The van der Waals surface area contributed by atoms with Crippen molar-refractivity contribution in [1.82, 2.24) is 14.5 Å². The summed E-state index contributed by atoms with van der Waals surface area (Å²) in [4.78, 5) is 0. The van der Waals surface area contributed by atoms with E-state index in [9.17, 15) is 13.5 Å². The maximum Gasteiger partial charge on any atom is 0.220 e. The Labute approximate surface area is 194 Å². The lowest BCUT2D eigenvalue weighted by molar-refractivity contribution is 0.166. The molecule has 3 rings (SSSR count). The van der Waals surface area contributed by atoms with E-state index in [0.29, 0.717) is 17.2 Å². The predicted octanol–water partition coefficient (Wildman–Crippen LogP) is 3.26. The van der Waals surface area contributed by atoms with Gasteiger partial charge in [-0.15, -0.1) is 0 Å². The maximum absolute atomic E-state index is 13.6. The number of aryl methyl sites for hydroxylation is 1. The van der Waals surface area contributed by atoms with Crippen molar-refractivity contribution in [2.75, 3.05) is 14.2 Å². The average Bonchev–Trinajstić information content (AvgIpc) is 2.84. The van der Waals surface area contributed by atoms with E-state index in [1.54, 1.807) is 57.5 Å². The summed E-state index contributed by atoms with van der Waals surface area (Å²) in [5.74, 6) is 1.37. The van der Waals surface area contributed by atoms with Crippen molar-refractivity contribution in [1.29, 1.82) is 0 Å². The van der Waals surface area contributed by atoms with Crippen LogP contribution < -0.4 is 9.47 Å². The van der Waals surface area contributed by atoms with Crippen LogP contribution in [0.4, 0.5) is 0 Å². The van der Waals surface area contributed by atoms with Crippen LogP contribution >= 0.6 is 0 Å². The van der Waals surface area contributed by atoms with Gasteiger partial charge in [0, 0.05) is 13.1 Å². The second-order valence-corrected chi connectivity index (χ2v) is 10.0. The van der Waals surface area contributed by atoms with Gasteiger partial charge >= 0.3 is 0 Å². The van der Waals surface area contributed by atoms with E-state index < -0.39 is 21.4 Å². The largest absolute Gasteiger partial charge is 0.497 e. The second kappa shape index (κ2) is 10.7. The van der Waals surface area contributed by atoms with Crippen LogP contribution in [0.15, 0.2) is 60.7 Å². The van der Waals surface area contributed by atoms with Crippen molar-refractivity contribution < 1.29 is 23.0 Å². The standard InChI is InChI=1S/C24H29N3O5S/c1-17-5-14-23(26-25-17)24(28)18(2)33(29,30)27(15-19-6-10-21(31-3)11-7-19)16-20-8-12-22(32-4)13-9-20/h5-14,18,24,28H,15-16H2,1-4H3/t18-,24-/m0/s1. The zero-order valence-corrected chi connectivity index (χ0v) is 20.0. The number of methoxy groups -OCH3 is 2. The molecule has 3 aromatic rings. The summed E-state index contributed by atoms with van der Waals surface area (Å²) >= 11 is 0. The molecule has 0 aliphatic carbocycles. The molecule has 0 fully saturated rings. The normalized spacial score (nSPS) is 13.5. The lowest BCUT2D eigenvalue weighted by atomic mass is 10.2. The van der Waals surface area contributed by atoms with Crippen LogP contribution in [0, 0.1) is 6.92 Å². The Hall–Kier alpha value is -3.01. The highest BCUT2D eigenvalue weighted by atomic mass is 32.2. The summed E-state index contributed by atoms with van der Waals surface area (Å²) in [6.45, 7) is 3.52. The molecule has 2 aromatic carbocycles. The van der Waals surface area contributed by atoms with Crippen LogP contribution in [-0.4, -0.2) is 47.5 Å². The van der Waals surface area contributed by atoms with Gasteiger partial charge in [0.25, 0.3) is 0 Å². The molecule has 176 valence electrons. The number of aliphatic hydroxyl groups is 1. The molecular formula is C24H29N3O5S. The summed E-state index contributed by atoms with van der Waals surface area (Å²) in [6.07, 6.45) is -1.32. The molecule has 8 nitrogen and oxygen atoms in total. The molecule has 0 bridgehead atoms. The van der Waals surface area contributed by atoms with Crippen molar-refractivity contribution in [3.8, 4) is 11.5 Å². The predicted molar refractivity (Wildman–Crippen MR) is 125 cm³/mol. The summed E-state index contributed by atoms with van der Waals surface area (Å²) < 4.78 is 39.0. The number of hydrogen-bond acceptors (Lipinski definition) is 7. The molecule has 1 aromatic heterocycles. The van der Waals surface area contributed by atoms with Crippen LogP contribution in [-0.2, 0) is 23.1 Å². The molecule has 0 spiro atoms. The van der Waals surface area contributed by atoms with E-state index in [-0.39, 0.29) is 18.8 Å². The minimum atomic E-state index is -3.93. The van der Waals surface area contributed by atoms with E-state index >= 15 is 0 Å². The van der Waals surface area contributed by atoms with Crippen molar-refractivity contribution in [3.05, 3.63) is 83.2 Å². The van der Waals surface area contributed by atoms with Gasteiger partial charge < -0.3 is 14.6 Å². The first kappa shape index (κ1) is 24.6. The minimum absolute atomic E-state index is 0.134. The number of nitrogens with zero attached hydrogens (tertiary/aromatic N) is 3. The molecule has 33 heavy (non-hydrogen) atoms. The van der Waals surface area contributed by atoms with Crippen LogP contribution in [0.25, 0.3) is 0 Å². The second-order valence-electron chi connectivity index (χ2n) is 7.76. The Morgan fingerprint density at radius 3 is 1.73 bits per heavy atom. The Kier molecular flexibility index (Phi) is 8.01. The molecule has 0 saturated carbocycles. The molecule has 0 unspecified atom stereocenters. The highest BCUT2D eigenvalue weighted by molar-refractivity contribution is 7.89. The van der Waals surface area contributed by atoms with Crippen LogP contribution in [0.2, 0.25) is 0 Å². The first-order valence-electron chi connectivity index (χ1n) is 10.5. The number of rotatable bonds is 10. The molecule has 1 heterocycles. The number of aromatic nitrogens is 2. The lowest BCUT2D eigenvalue weighted by Gasteiger charge is -2.28. The van der Waals surface area contributed by atoms with Crippen molar-refractivity contribution in [2.24, 2.45) is 0 Å². The van der Waals surface area contributed by atoms with E-state index in [0.717, 1.165) is 11.1 Å². The fourth-order valence-electron chi connectivity index (χ4n) is 3.31. The first-order chi connectivity index (χ1) is 15.7. The zero-order chi connectivity index (χ0) is 24.0. The zero-order valence-electron chi connectivity index (χ0n) is 19.2. The van der Waals surface area contributed by atoms with E-state index in [4.69, 9.17) is 9.47 Å². The van der Waals surface area contributed by atoms with Crippen LogP contribution in [0.5, 0.6) is 11.5 Å². The van der Waals surface area contributed by atoms with Gasteiger partial charge in [0.05, 0.1) is 25.6 Å². The smallest absolute Gasteiger partial charge is 0.220 e. The van der Waals surface area contributed by atoms with Gasteiger partial charge in [0.1, 0.15) is 22.9 Å². The molecule has 0 radical (unpaired) electrons. The first-order valence-corrected chi connectivity index (χ1v) is 12.0. The van der Waals surface area contributed by atoms with Crippen LogP contribution in [0.1, 0.15) is 35.5 Å². The van der Waals surface area contributed by atoms with E-state index in [2.05, 4.69) is 10.2 Å². The van der Waals surface area contributed by atoms with Gasteiger partial charge in [-0.1, -0.05) is 24.3 Å². The SMILES string of the molecule is COc1ccc(CN(Cc2ccc(OC)cc2)S(=O)(=O)[C@@H](C)[C@H](O)c2ccc(C)nn2)cc1. The monoisotopic (exact) mass is 471 g/mol. The van der Waals surface area contributed by atoms with E-state index in [1.165, 1.54) is 11.2 Å². The molecule has 2 atom stereocenters. The number of sulfonamides is 1. The molecule has 0 saturated heterocycles. The van der Waals surface area contributed by atoms with Gasteiger partial charge in [-0.2, -0.15) is 14.5 Å². The van der Waals surface area contributed by atoms with Gasteiger partial charge in [0.15, 0.2) is 0 Å². The summed E-state index contributed by atoms with van der Waals surface area (Å²) in [7, 11) is -0.782. The van der Waals surface area contributed by atoms with Gasteiger partial charge in [0.2, 0.25) is 10.0 Å². The quantitative estimate of drug-likeness (QED) is 0.484. The maximum atomic E-state index is 13.6. The van der Waals surface area contributed by atoms with E-state index in [1.807, 2.05) is 24.3 Å². The van der Waals surface area contributed by atoms with Gasteiger partial charge in [-0.3, -0.25) is 0 Å². The molecule has 1 N–H and O–H groups in total.